The SMILES string of the molecule is CCCN(C(C)CC(C)(NC(C)C)C(=O)OCC)C1CC1. The van der Waals surface area contributed by atoms with Crippen molar-refractivity contribution in [1.29, 1.82) is 0 Å². The molecule has 0 heterocycles. The number of carbonyl (C=O) groups is 1. The zero-order valence-corrected chi connectivity index (χ0v) is 14.7. The van der Waals surface area contributed by atoms with Gasteiger partial charge in [-0.1, -0.05) is 6.92 Å². The van der Waals surface area contributed by atoms with Crippen LogP contribution in [0.25, 0.3) is 0 Å². The van der Waals surface area contributed by atoms with Gasteiger partial charge in [0.25, 0.3) is 0 Å². The molecule has 0 aromatic rings. The van der Waals surface area contributed by atoms with Gasteiger partial charge in [0, 0.05) is 18.1 Å². The molecule has 0 amide bonds. The van der Waals surface area contributed by atoms with E-state index >= 15 is 0 Å². The number of nitrogens with zero attached hydrogens (tertiary/aromatic N) is 1. The third-order valence-corrected chi connectivity index (χ3v) is 4.10. The predicted octanol–water partition coefficient (Wildman–Crippen LogP) is 2.96. The van der Waals surface area contributed by atoms with Crippen molar-refractivity contribution in [3.05, 3.63) is 0 Å². The average Bonchev–Trinajstić information content (AvgIpc) is 3.19. The summed E-state index contributed by atoms with van der Waals surface area (Å²) in [5, 5.41) is 3.43. The lowest BCUT2D eigenvalue weighted by Gasteiger charge is -2.37. The summed E-state index contributed by atoms with van der Waals surface area (Å²) in [5.74, 6) is -0.127. The molecule has 1 aliphatic rings. The van der Waals surface area contributed by atoms with Gasteiger partial charge in [-0.3, -0.25) is 15.0 Å². The molecular weight excluding hydrogens is 264 g/mol. The highest BCUT2D eigenvalue weighted by Gasteiger charge is 2.40. The molecule has 0 aromatic heterocycles. The van der Waals surface area contributed by atoms with Crippen molar-refractivity contribution in [2.75, 3.05) is 13.2 Å². The summed E-state index contributed by atoms with van der Waals surface area (Å²) in [7, 11) is 0. The third kappa shape index (κ3) is 5.59. The largest absolute Gasteiger partial charge is 0.465 e. The van der Waals surface area contributed by atoms with E-state index in [-0.39, 0.29) is 12.0 Å². The van der Waals surface area contributed by atoms with Crippen LogP contribution >= 0.6 is 0 Å². The molecule has 4 heteroatoms. The number of ether oxygens (including phenoxy) is 1. The van der Waals surface area contributed by atoms with Gasteiger partial charge in [-0.05, 0) is 66.8 Å². The van der Waals surface area contributed by atoms with Crippen LogP contribution in [0.4, 0.5) is 0 Å². The Morgan fingerprint density at radius 2 is 1.95 bits per heavy atom. The zero-order valence-electron chi connectivity index (χ0n) is 14.7. The lowest BCUT2D eigenvalue weighted by molar-refractivity contribution is -0.151. The number of carbonyl (C=O) groups excluding carboxylic acids is 1. The van der Waals surface area contributed by atoms with Gasteiger partial charge >= 0.3 is 5.97 Å². The fourth-order valence-electron chi connectivity index (χ4n) is 3.26. The van der Waals surface area contributed by atoms with Gasteiger partial charge in [-0.15, -0.1) is 0 Å². The Hall–Kier alpha value is -0.610. The summed E-state index contributed by atoms with van der Waals surface area (Å²) < 4.78 is 5.30. The molecule has 1 N–H and O–H groups in total. The smallest absolute Gasteiger partial charge is 0.326 e. The van der Waals surface area contributed by atoms with Gasteiger partial charge < -0.3 is 4.74 Å². The molecule has 1 fully saturated rings. The van der Waals surface area contributed by atoms with Crippen LogP contribution in [0.5, 0.6) is 0 Å². The highest BCUT2D eigenvalue weighted by Crippen LogP contribution is 2.31. The van der Waals surface area contributed by atoms with Crippen LogP contribution in [0.3, 0.4) is 0 Å². The van der Waals surface area contributed by atoms with Crippen LogP contribution in [0, 0.1) is 0 Å². The van der Waals surface area contributed by atoms with Crippen LogP contribution in [0.1, 0.15) is 67.2 Å². The summed E-state index contributed by atoms with van der Waals surface area (Å²) in [6, 6.07) is 1.37. The van der Waals surface area contributed by atoms with E-state index in [4.69, 9.17) is 4.74 Å². The molecule has 124 valence electrons. The Morgan fingerprint density at radius 1 is 1.33 bits per heavy atom. The molecule has 0 spiro atoms. The van der Waals surface area contributed by atoms with Crippen molar-refractivity contribution >= 4 is 5.97 Å². The molecular formula is C17H34N2O2. The molecule has 0 aromatic carbocycles. The molecule has 0 aliphatic heterocycles. The third-order valence-electron chi connectivity index (χ3n) is 4.10. The van der Waals surface area contributed by atoms with Crippen molar-refractivity contribution < 1.29 is 9.53 Å². The van der Waals surface area contributed by atoms with E-state index in [0.717, 1.165) is 25.4 Å². The maximum absolute atomic E-state index is 12.4. The molecule has 21 heavy (non-hydrogen) atoms. The molecule has 0 radical (unpaired) electrons. The first-order valence-electron chi connectivity index (χ1n) is 8.54. The van der Waals surface area contributed by atoms with E-state index in [2.05, 4.69) is 37.9 Å². The highest BCUT2D eigenvalue weighted by atomic mass is 16.5. The predicted molar refractivity (Wildman–Crippen MR) is 87.4 cm³/mol. The molecule has 2 atom stereocenters. The highest BCUT2D eigenvalue weighted by molar-refractivity contribution is 5.80. The lowest BCUT2D eigenvalue weighted by Crippen LogP contribution is -2.56. The molecule has 0 bridgehead atoms. The second kappa shape index (κ2) is 8.14. The van der Waals surface area contributed by atoms with Crippen LogP contribution in [-0.2, 0) is 9.53 Å². The van der Waals surface area contributed by atoms with Gasteiger partial charge in [0.15, 0.2) is 0 Å². The Labute approximate surface area is 130 Å². The van der Waals surface area contributed by atoms with E-state index < -0.39 is 5.54 Å². The maximum Gasteiger partial charge on any atom is 0.326 e. The van der Waals surface area contributed by atoms with E-state index in [0.29, 0.717) is 12.6 Å². The minimum Gasteiger partial charge on any atom is -0.465 e. The second-order valence-corrected chi connectivity index (χ2v) is 6.87. The van der Waals surface area contributed by atoms with E-state index in [1.807, 2.05) is 13.8 Å². The molecule has 1 saturated carbocycles. The summed E-state index contributed by atoms with van der Waals surface area (Å²) >= 11 is 0. The minimum atomic E-state index is -0.607. The number of esters is 1. The summed E-state index contributed by atoms with van der Waals surface area (Å²) in [6.45, 7) is 14.0. The monoisotopic (exact) mass is 298 g/mol. The fraction of sp³-hybridized carbons (Fsp3) is 0.941. The van der Waals surface area contributed by atoms with Gasteiger partial charge in [0.05, 0.1) is 6.61 Å². The van der Waals surface area contributed by atoms with Crippen molar-refractivity contribution in [2.45, 2.75) is 90.9 Å². The Bertz CT molecular complexity index is 329. The molecule has 1 rings (SSSR count). The van der Waals surface area contributed by atoms with Gasteiger partial charge in [0.1, 0.15) is 5.54 Å². The summed E-state index contributed by atoms with van der Waals surface area (Å²) in [5.41, 5.74) is -0.607. The second-order valence-electron chi connectivity index (χ2n) is 6.87. The zero-order chi connectivity index (χ0) is 16.0. The van der Waals surface area contributed by atoms with Crippen LogP contribution in [-0.4, -0.2) is 47.7 Å². The first-order chi connectivity index (χ1) is 9.84. The molecule has 2 unspecified atom stereocenters. The van der Waals surface area contributed by atoms with E-state index in [9.17, 15) is 4.79 Å². The normalized spacial score (nSPS) is 19.6. The van der Waals surface area contributed by atoms with E-state index in [1.54, 1.807) is 0 Å². The van der Waals surface area contributed by atoms with Crippen molar-refractivity contribution in [2.24, 2.45) is 0 Å². The Kier molecular flexibility index (Phi) is 7.14. The fourth-order valence-corrected chi connectivity index (χ4v) is 3.26. The van der Waals surface area contributed by atoms with Crippen molar-refractivity contribution in [3.63, 3.8) is 0 Å². The number of nitrogens with one attached hydrogen (secondary N) is 1. The number of hydrogen-bond donors (Lipinski definition) is 1. The topological polar surface area (TPSA) is 41.6 Å². The Balaban J connectivity index is 2.75. The van der Waals surface area contributed by atoms with Crippen LogP contribution < -0.4 is 5.32 Å². The molecule has 4 nitrogen and oxygen atoms in total. The maximum atomic E-state index is 12.4. The molecule has 0 saturated heterocycles. The first kappa shape index (κ1) is 18.4. The summed E-state index contributed by atoms with van der Waals surface area (Å²) in [6.07, 6.45) is 4.56. The van der Waals surface area contributed by atoms with Gasteiger partial charge in [-0.2, -0.15) is 0 Å². The molecule has 1 aliphatic carbocycles. The first-order valence-corrected chi connectivity index (χ1v) is 8.54. The van der Waals surface area contributed by atoms with E-state index in [1.165, 1.54) is 12.8 Å². The van der Waals surface area contributed by atoms with Crippen LogP contribution in [0.2, 0.25) is 0 Å². The van der Waals surface area contributed by atoms with Gasteiger partial charge in [0.2, 0.25) is 0 Å². The lowest BCUT2D eigenvalue weighted by atomic mass is 9.91. The Morgan fingerprint density at radius 3 is 2.38 bits per heavy atom. The minimum absolute atomic E-state index is 0.127. The summed E-state index contributed by atoms with van der Waals surface area (Å²) in [4.78, 5) is 15.0. The number of rotatable bonds is 10. The standard InChI is InChI=1S/C17H34N2O2/c1-7-11-19(15-9-10-15)14(5)12-17(6,18-13(3)4)16(20)21-8-2/h13-15,18H,7-12H2,1-6H3. The number of hydrogen-bond acceptors (Lipinski definition) is 4. The van der Waals surface area contributed by atoms with Crippen molar-refractivity contribution in [3.8, 4) is 0 Å². The van der Waals surface area contributed by atoms with Gasteiger partial charge in [-0.25, -0.2) is 0 Å². The average molecular weight is 298 g/mol. The van der Waals surface area contributed by atoms with Crippen molar-refractivity contribution in [1.82, 2.24) is 10.2 Å². The quantitative estimate of drug-likeness (QED) is 0.630. The van der Waals surface area contributed by atoms with Crippen LogP contribution in [0.15, 0.2) is 0 Å².